The molecule has 0 bridgehead atoms. The predicted molar refractivity (Wildman–Crippen MR) is 56.0 cm³/mol. The summed E-state index contributed by atoms with van der Waals surface area (Å²) in [6.07, 6.45) is 6.28. The van der Waals surface area contributed by atoms with E-state index in [0.717, 1.165) is 18.7 Å². The van der Waals surface area contributed by atoms with Gasteiger partial charge in [-0.2, -0.15) is 0 Å². The van der Waals surface area contributed by atoms with Crippen LogP contribution in [-0.4, -0.2) is 26.9 Å². The molecule has 15 heavy (non-hydrogen) atoms. The molecule has 0 radical (unpaired) electrons. The van der Waals surface area contributed by atoms with Gasteiger partial charge in [-0.15, -0.1) is 10.2 Å². The van der Waals surface area contributed by atoms with Crippen molar-refractivity contribution in [2.75, 3.05) is 6.61 Å². The van der Waals surface area contributed by atoms with Gasteiger partial charge in [0.25, 0.3) is 0 Å². The first kappa shape index (κ1) is 10.6. The molecular formula is C10H18N4O. The molecule has 0 aromatic carbocycles. The van der Waals surface area contributed by atoms with Gasteiger partial charge < -0.3 is 15.0 Å². The molecule has 0 amide bonds. The summed E-state index contributed by atoms with van der Waals surface area (Å²) in [4.78, 5) is 0. The average molecular weight is 210 g/mol. The van der Waals surface area contributed by atoms with E-state index in [9.17, 15) is 0 Å². The van der Waals surface area contributed by atoms with Crippen LogP contribution in [0, 0.1) is 0 Å². The van der Waals surface area contributed by atoms with Crippen molar-refractivity contribution < 1.29 is 4.74 Å². The van der Waals surface area contributed by atoms with Gasteiger partial charge in [0.05, 0.1) is 6.61 Å². The Labute approximate surface area is 89.6 Å². The van der Waals surface area contributed by atoms with Crippen molar-refractivity contribution in [2.45, 2.75) is 37.8 Å². The fraction of sp³-hybridized carbons (Fsp3) is 0.800. The largest absolute Gasteiger partial charge is 0.372 e. The van der Waals surface area contributed by atoms with Crippen LogP contribution in [0.3, 0.4) is 0 Å². The Balaban J connectivity index is 1.77. The lowest BCUT2D eigenvalue weighted by Crippen LogP contribution is -2.41. The molecule has 5 nitrogen and oxygen atoms in total. The molecule has 0 spiro atoms. The predicted octanol–water partition coefficient (Wildman–Crippen LogP) is 0.603. The van der Waals surface area contributed by atoms with E-state index in [-0.39, 0.29) is 5.54 Å². The Morgan fingerprint density at radius 3 is 2.87 bits per heavy atom. The van der Waals surface area contributed by atoms with Crippen LogP contribution in [0.4, 0.5) is 0 Å². The molecule has 1 aromatic heterocycles. The van der Waals surface area contributed by atoms with E-state index < -0.39 is 0 Å². The number of ether oxygens (including phenoxy) is 1. The quantitative estimate of drug-likeness (QED) is 0.790. The maximum Gasteiger partial charge on any atom is 0.158 e. The first-order valence-corrected chi connectivity index (χ1v) is 5.39. The maximum atomic E-state index is 6.17. The minimum atomic E-state index is -0.0986. The van der Waals surface area contributed by atoms with Crippen LogP contribution in [0.1, 0.15) is 31.5 Å². The van der Waals surface area contributed by atoms with Crippen LogP contribution in [0.2, 0.25) is 0 Å². The summed E-state index contributed by atoms with van der Waals surface area (Å²) in [6, 6.07) is 0. The van der Waals surface area contributed by atoms with Crippen LogP contribution >= 0.6 is 0 Å². The third kappa shape index (κ3) is 2.54. The van der Waals surface area contributed by atoms with Gasteiger partial charge in [0, 0.05) is 12.6 Å². The van der Waals surface area contributed by atoms with Gasteiger partial charge in [0.2, 0.25) is 0 Å². The zero-order chi connectivity index (χ0) is 10.7. The number of hydrogen-bond donors (Lipinski definition) is 1. The van der Waals surface area contributed by atoms with Crippen LogP contribution < -0.4 is 5.73 Å². The van der Waals surface area contributed by atoms with Gasteiger partial charge >= 0.3 is 0 Å². The molecule has 2 N–H and O–H groups in total. The smallest absolute Gasteiger partial charge is 0.158 e. The molecular weight excluding hydrogens is 192 g/mol. The van der Waals surface area contributed by atoms with Gasteiger partial charge in [-0.25, -0.2) is 0 Å². The molecule has 2 rings (SSSR count). The summed E-state index contributed by atoms with van der Waals surface area (Å²) in [6.45, 7) is 1.12. The monoisotopic (exact) mass is 210 g/mol. The second-order valence-corrected chi connectivity index (χ2v) is 4.42. The Morgan fingerprint density at radius 2 is 2.27 bits per heavy atom. The van der Waals surface area contributed by atoms with E-state index in [4.69, 9.17) is 10.5 Å². The van der Waals surface area contributed by atoms with E-state index >= 15 is 0 Å². The first-order chi connectivity index (χ1) is 7.20. The highest BCUT2D eigenvalue weighted by atomic mass is 16.5. The molecule has 1 fully saturated rings. The van der Waals surface area contributed by atoms with Crippen LogP contribution in [0.5, 0.6) is 0 Å². The van der Waals surface area contributed by atoms with Gasteiger partial charge in [-0.05, 0) is 12.8 Å². The summed E-state index contributed by atoms with van der Waals surface area (Å²) in [5, 5.41) is 7.74. The number of hydrogen-bond acceptors (Lipinski definition) is 4. The molecule has 0 saturated heterocycles. The van der Waals surface area contributed by atoms with E-state index in [1.807, 2.05) is 11.6 Å². The number of nitrogens with zero attached hydrogens (tertiary/aromatic N) is 3. The van der Waals surface area contributed by atoms with Crippen molar-refractivity contribution >= 4 is 0 Å². The number of aromatic nitrogens is 3. The minimum absolute atomic E-state index is 0.0986. The highest BCUT2D eigenvalue weighted by Crippen LogP contribution is 2.27. The zero-order valence-electron chi connectivity index (χ0n) is 9.15. The third-order valence-electron chi connectivity index (χ3n) is 3.03. The number of nitrogens with two attached hydrogens (primary N) is 1. The molecule has 1 aliphatic carbocycles. The van der Waals surface area contributed by atoms with Gasteiger partial charge in [-0.1, -0.05) is 12.8 Å². The number of aryl methyl sites for hydroxylation is 1. The van der Waals surface area contributed by atoms with Gasteiger partial charge in [0.15, 0.2) is 5.82 Å². The molecule has 0 atom stereocenters. The fourth-order valence-corrected chi connectivity index (χ4v) is 2.01. The Bertz CT molecular complexity index is 317. The maximum absolute atomic E-state index is 6.17. The first-order valence-electron chi connectivity index (χ1n) is 5.39. The van der Waals surface area contributed by atoms with Crippen LogP contribution in [0.15, 0.2) is 6.33 Å². The molecule has 84 valence electrons. The standard InChI is InChI=1S/C10H18N4O/c1-14-8-12-13-9(14)6-15-7-10(11)4-2-3-5-10/h8H,2-7,11H2,1H3. The van der Waals surface area contributed by atoms with Crippen molar-refractivity contribution in [1.82, 2.24) is 14.8 Å². The average Bonchev–Trinajstić information content (AvgIpc) is 2.78. The van der Waals surface area contributed by atoms with Crippen molar-refractivity contribution in [3.05, 3.63) is 12.2 Å². The molecule has 0 unspecified atom stereocenters. The van der Waals surface area contributed by atoms with Crippen molar-refractivity contribution in [3.63, 3.8) is 0 Å². The normalized spacial score (nSPS) is 19.6. The Hall–Kier alpha value is -0.940. The second kappa shape index (κ2) is 4.28. The molecule has 1 aliphatic rings. The molecule has 1 saturated carbocycles. The highest BCUT2D eigenvalue weighted by Gasteiger charge is 2.29. The van der Waals surface area contributed by atoms with Crippen molar-refractivity contribution in [1.29, 1.82) is 0 Å². The summed E-state index contributed by atoms with van der Waals surface area (Å²) in [7, 11) is 1.91. The molecule has 0 aliphatic heterocycles. The summed E-state index contributed by atoms with van der Waals surface area (Å²) >= 11 is 0. The van der Waals surface area contributed by atoms with Crippen LogP contribution in [0.25, 0.3) is 0 Å². The lowest BCUT2D eigenvalue weighted by atomic mass is 10.0. The minimum Gasteiger partial charge on any atom is -0.372 e. The van der Waals surface area contributed by atoms with Crippen molar-refractivity contribution in [2.24, 2.45) is 12.8 Å². The third-order valence-corrected chi connectivity index (χ3v) is 3.03. The lowest BCUT2D eigenvalue weighted by Gasteiger charge is -2.22. The van der Waals surface area contributed by atoms with E-state index in [0.29, 0.717) is 13.2 Å². The Morgan fingerprint density at radius 1 is 1.53 bits per heavy atom. The highest BCUT2D eigenvalue weighted by molar-refractivity contribution is 4.89. The van der Waals surface area contributed by atoms with E-state index in [2.05, 4.69) is 10.2 Å². The molecule has 5 heteroatoms. The zero-order valence-corrected chi connectivity index (χ0v) is 9.15. The Kier molecular flexibility index (Phi) is 3.02. The van der Waals surface area contributed by atoms with Gasteiger partial charge in [0.1, 0.15) is 12.9 Å². The second-order valence-electron chi connectivity index (χ2n) is 4.42. The lowest BCUT2D eigenvalue weighted by molar-refractivity contribution is 0.0696. The molecule has 1 heterocycles. The SMILES string of the molecule is Cn1cnnc1COCC1(N)CCCC1. The molecule has 1 aromatic rings. The van der Waals surface area contributed by atoms with E-state index in [1.54, 1.807) is 6.33 Å². The van der Waals surface area contributed by atoms with Crippen molar-refractivity contribution in [3.8, 4) is 0 Å². The fourth-order valence-electron chi connectivity index (χ4n) is 2.01. The summed E-state index contributed by atoms with van der Waals surface area (Å²) in [5.41, 5.74) is 6.07. The van der Waals surface area contributed by atoms with E-state index in [1.165, 1.54) is 12.8 Å². The summed E-state index contributed by atoms with van der Waals surface area (Å²) < 4.78 is 7.46. The number of rotatable bonds is 4. The summed E-state index contributed by atoms with van der Waals surface area (Å²) in [5.74, 6) is 0.844. The van der Waals surface area contributed by atoms with Crippen LogP contribution in [-0.2, 0) is 18.4 Å². The van der Waals surface area contributed by atoms with Gasteiger partial charge in [-0.3, -0.25) is 0 Å². The topological polar surface area (TPSA) is 66.0 Å².